The molecule has 0 spiro atoms. The van der Waals surface area contributed by atoms with Gasteiger partial charge in [-0.2, -0.15) is 5.26 Å². The van der Waals surface area contributed by atoms with E-state index in [9.17, 15) is 14.9 Å². The molecule has 0 aromatic heterocycles. The van der Waals surface area contributed by atoms with Crippen LogP contribution in [0, 0.1) is 16.7 Å². The molecule has 0 bridgehead atoms. The minimum absolute atomic E-state index is 0.128. The molecule has 0 saturated heterocycles. The number of nitrogens with one attached hydrogen (secondary N) is 1. The van der Waals surface area contributed by atoms with Crippen LogP contribution in [0.1, 0.15) is 39.5 Å². The molecule has 1 unspecified atom stereocenters. The lowest BCUT2D eigenvalue weighted by Crippen LogP contribution is -2.49. The van der Waals surface area contributed by atoms with Crippen molar-refractivity contribution >= 4 is 11.8 Å². The van der Waals surface area contributed by atoms with Crippen LogP contribution in [-0.2, 0) is 9.59 Å². The highest BCUT2D eigenvalue weighted by atomic mass is 16.2. The van der Waals surface area contributed by atoms with E-state index in [1.807, 2.05) is 6.92 Å². The van der Waals surface area contributed by atoms with Crippen molar-refractivity contribution in [2.24, 2.45) is 5.41 Å². The molecular weight excluding hydrogens is 230 g/mol. The molecule has 1 aliphatic carbocycles. The zero-order valence-corrected chi connectivity index (χ0v) is 11.3. The summed E-state index contributed by atoms with van der Waals surface area (Å²) < 4.78 is 0. The molecule has 18 heavy (non-hydrogen) atoms. The first-order valence-corrected chi connectivity index (χ1v) is 6.44. The highest BCUT2D eigenvalue weighted by Crippen LogP contribution is 2.37. The molecule has 0 radical (unpaired) electrons. The monoisotopic (exact) mass is 251 g/mol. The van der Waals surface area contributed by atoms with E-state index in [2.05, 4.69) is 11.4 Å². The van der Waals surface area contributed by atoms with Crippen LogP contribution >= 0.6 is 0 Å². The molecule has 0 heterocycles. The van der Waals surface area contributed by atoms with Crippen molar-refractivity contribution < 1.29 is 9.59 Å². The minimum Gasteiger partial charge on any atom is -0.344 e. The second-order valence-corrected chi connectivity index (χ2v) is 4.95. The van der Waals surface area contributed by atoms with Gasteiger partial charge in [0.25, 0.3) is 0 Å². The number of carbonyl (C=O) groups excluding carboxylic acids is 2. The maximum Gasteiger partial charge on any atom is 0.244 e. The summed E-state index contributed by atoms with van der Waals surface area (Å²) in [5.74, 6) is -0.426. The molecule has 100 valence electrons. The van der Waals surface area contributed by atoms with E-state index >= 15 is 0 Å². The van der Waals surface area contributed by atoms with Crippen LogP contribution in [0.3, 0.4) is 0 Å². The van der Waals surface area contributed by atoms with Gasteiger partial charge in [0.05, 0.1) is 6.07 Å². The highest BCUT2D eigenvalue weighted by molar-refractivity contribution is 5.91. The molecular formula is C13H21N3O2. The predicted molar refractivity (Wildman–Crippen MR) is 67.4 cm³/mol. The van der Waals surface area contributed by atoms with Gasteiger partial charge >= 0.3 is 0 Å². The molecule has 1 atom stereocenters. The number of hydrogen-bond acceptors (Lipinski definition) is 3. The van der Waals surface area contributed by atoms with Gasteiger partial charge in [-0.25, -0.2) is 0 Å². The van der Waals surface area contributed by atoms with E-state index in [0.717, 1.165) is 12.8 Å². The summed E-state index contributed by atoms with van der Waals surface area (Å²) in [5, 5.41) is 11.9. The molecule has 1 fully saturated rings. The first-order valence-electron chi connectivity index (χ1n) is 6.44. The maximum absolute atomic E-state index is 12.1. The fourth-order valence-corrected chi connectivity index (χ4v) is 2.25. The molecule has 1 aliphatic rings. The smallest absolute Gasteiger partial charge is 0.244 e. The van der Waals surface area contributed by atoms with Gasteiger partial charge in [-0.1, -0.05) is 12.8 Å². The summed E-state index contributed by atoms with van der Waals surface area (Å²) in [6, 6.07) is 1.55. The number of likely N-dealkylation sites (N-methyl/N-ethyl adjacent to an activating group) is 1. The second kappa shape index (κ2) is 5.85. The van der Waals surface area contributed by atoms with Crippen LogP contribution < -0.4 is 5.32 Å². The van der Waals surface area contributed by atoms with Crippen molar-refractivity contribution in [2.75, 3.05) is 13.6 Å². The van der Waals surface area contributed by atoms with Gasteiger partial charge in [-0.3, -0.25) is 9.59 Å². The van der Waals surface area contributed by atoms with Crippen molar-refractivity contribution in [1.82, 2.24) is 10.2 Å². The average molecular weight is 251 g/mol. The maximum atomic E-state index is 12.1. The van der Waals surface area contributed by atoms with E-state index in [1.165, 1.54) is 0 Å². The van der Waals surface area contributed by atoms with Gasteiger partial charge in [0.15, 0.2) is 0 Å². The Morgan fingerprint density at radius 1 is 1.44 bits per heavy atom. The zero-order valence-electron chi connectivity index (χ0n) is 11.3. The van der Waals surface area contributed by atoms with Crippen molar-refractivity contribution in [1.29, 1.82) is 5.26 Å². The van der Waals surface area contributed by atoms with Crippen LogP contribution in [-0.4, -0.2) is 36.3 Å². The topological polar surface area (TPSA) is 73.2 Å². The summed E-state index contributed by atoms with van der Waals surface area (Å²) in [7, 11) is 1.70. The molecule has 0 aliphatic heterocycles. The van der Waals surface area contributed by atoms with E-state index < -0.39 is 11.5 Å². The Bertz CT molecular complexity index is 367. The third kappa shape index (κ3) is 2.81. The van der Waals surface area contributed by atoms with Crippen LogP contribution in [0.15, 0.2) is 0 Å². The SMILES string of the molecule is CCN(C)C(=O)C(C)NC(=O)C1(C#N)CCCC1. The van der Waals surface area contributed by atoms with E-state index in [1.54, 1.807) is 18.9 Å². The lowest BCUT2D eigenvalue weighted by Gasteiger charge is -2.25. The quantitative estimate of drug-likeness (QED) is 0.811. The molecule has 0 aromatic carbocycles. The fraction of sp³-hybridized carbons (Fsp3) is 0.769. The summed E-state index contributed by atoms with van der Waals surface area (Å²) >= 11 is 0. The van der Waals surface area contributed by atoms with Crippen LogP contribution in [0.2, 0.25) is 0 Å². The van der Waals surface area contributed by atoms with Gasteiger partial charge < -0.3 is 10.2 Å². The van der Waals surface area contributed by atoms with E-state index in [-0.39, 0.29) is 11.8 Å². The second-order valence-electron chi connectivity index (χ2n) is 4.95. The average Bonchev–Trinajstić information content (AvgIpc) is 2.86. The number of nitriles is 1. The van der Waals surface area contributed by atoms with Crippen LogP contribution in [0.5, 0.6) is 0 Å². The molecule has 5 nitrogen and oxygen atoms in total. The predicted octanol–water partition coefficient (Wildman–Crippen LogP) is 1.05. The summed E-state index contributed by atoms with van der Waals surface area (Å²) in [4.78, 5) is 25.5. The molecule has 1 rings (SSSR count). The van der Waals surface area contributed by atoms with Gasteiger partial charge in [0, 0.05) is 13.6 Å². The van der Waals surface area contributed by atoms with E-state index in [0.29, 0.717) is 19.4 Å². The number of amides is 2. The van der Waals surface area contributed by atoms with Gasteiger partial charge in [-0.05, 0) is 26.7 Å². The summed E-state index contributed by atoms with van der Waals surface area (Å²) in [6.07, 6.45) is 3.00. The Kier molecular flexibility index (Phi) is 4.71. The molecule has 5 heteroatoms. The number of rotatable bonds is 4. The molecule has 1 N–H and O–H groups in total. The highest BCUT2D eigenvalue weighted by Gasteiger charge is 2.42. The van der Waals surface area contributed by atoms with Crippen molar-refractivity contribution in [3.8, 4) is 6.07 Å². The Morgan fingerprint density at radius 2 is 2.00 bits per heavy atom. The van der Waals surface area contributed by atoms with Crippen molar-refractivity contribution in [3.05, 3.63) is 0 Å². The standard InChI is InChI=1S/C13H21N3O2/c1-4-16(3)11(17)10(2)15-12(18)13(9-14)7-5-6-8-13/h10H,4-8H2,1-3H3,(H,15,18). The summed E-state index contributed by atoms with van der Waals surface area (Å²) in [5.41, 5.74) is -0.917. The van der Waals surface area contributed by atoms with Crippen LogP contribution in [0.4, 0.5) is 0 Å². The number of hydrogen-bond donors (Lipinski definition) is 1. The Hall–Kier alpha value is -1.57. The normalized spacial score (nSPS) is 18.8. The summed E-state index contributed by atoms with van der Waals surface area (Å²) in [6.45, 7) is 4.13. The van der Waals surface area contributed by atoms with Gasteiger partial charge in [0.2, 0.25) is 11.8 Å². The minimum atomic E-state index is -0.917. The zero-order chi connectivity index (χ0) is 13.8. The first kappa shape index (κ1) is 14.5. The Morgan fingerprint density at radius 3 is 2.44 bits per heavy atom. The van der Waals surface area contributed by atoms with Crippen molar-refractivity contribution in [2.45, 2.75) is 45.6 Å². The number of carbonyl (C=O) groups is 2. The largest absolute Gasteiger partial charge is 0.344 e. The third-order valence-electron chi connectivity index (χ3n) is 3.67. The molecule has 1 saturated carbocycles. The van der Waals surface area contributed by atoms with Gasteiger partial charge in [-0.15, -0.1) is 0 Å². The number of nitrogens with zero attached hydrogens (tertiary/aromatic N) is 2. The van der Waals surface area contributed by atoms with Crippen molar-refractivity contribution in [3.63, 3.8) is 0 Å². The molecule has 0 aromatic rings. The fourth-order valence-electron chi connectivity index (χ4n) is 2.25. The third-order valence-corrected chi connectivity index (χ3v) is 3.67. The van der Waals surface area contributed by atoms with Crippen LogP contribution in [0.25, 0.3) is 0 Å². The lowest BCUT2D eigenvalue weighted by molar-refractivity contribution is -0.137. The molecule has 2 amide bonds. The Labute approximate surface area is 108 Å². The van der Waals surface area contributed by atoms with E-state index in [4.69, 9.17) is 0 Å². The Balaban J connectivity index is 2.65. The lowest BCUT2D eigenvalue weighted by atomic mass is 9.87. The first-order chi connectivity index (χ1) is 8.46. The van der Waals surface area contributed by atoms with Gasteiger partial charge in [0.1, 0.15) is 11.5 Å².